The van der Waals surface area contributed by atoms with E-state index in [0.717, 1.165) is 4.88 Å². The summed E-state index contributed by atoms with van der Waals surface area (Å²) in [5, 5.41) is 41.6. The topological polar surface area (TPSA) is 104 Å². The highest BCUT2D eigenvalue weighted by Crippen LogP contribution is 2.27. The number of benzene rings is 1. The number of anilines is 1. The van der Waals surface area contributed by atoms with Crippen LogP contribution < -0.4 is 5.32 Å². The van der Waals surface area contributed by atoms with Crippen molar-refractivity contribution in [2.45, 2.75) is 6.10 Å². The molecule has 0 aliphatic carbocycles. The van der Waals surface area contributed by atoms with Crippen LogP contribution in [-0.2, 0) is 0 Å². The van der Waals surface area contributed by atoms with Crippen LogP contribution in [0.5, 0.6) is 0 Å². The van der Waals surface area contributed by atoms with Crippen LogP contribution in [0.4, 0.5) is 5.69 Å². The molecule has 0 amide bonds. The highest BCUT2D eigenvalue weighted by atomic mass is 32.1. The average Bonchev–Trinajstić information content (AvgIpc) is 3.09. The highest BCUT2D eigenvalue weighted by molar-refractivity contribution is 7.10. The molecule has 0 radical (unpaired) electrons. The number of nitrogens with one attached hydrogen (secondary N) is 1. The second-order valence-electron chi connectivity index (χ2n) is 4.25. The van der Waals surface area contributed by atoms with Crippen molar-refractivity contribution in [2.75, 3.05) is 5.32 Å². The normalized spacial score (nSPS) is 10.6. The largest absolute Gasteiger partial charge is 0.383 e. The fourth-order valence-corrected chi connectivity index (χ4v) is 2.56. The molecule has 0 bridgehead atoms. The summed E-state index contributed by atoms with van der Waals surface area (Å²) in [5.74, 6) is 0. The lowest BCUT2D eigenvalue weighted by Crippen LogP contribution is -2.02. The molecule has 0 fully saturated rings. The van der Waals surface area contributed by atoms with Gasteiger partial charge in [-0.2, -0.15) is 15.8 Å². The predicted molar refractivity (Wildman–Crippen MR) is 82.3 cm³/mol. The molecular weight excluding hydrogens is 296 g/mol. The highest BCUT2D eigenvalue weighted by Gasteiger charge is 2.12. The number of aliphatic hydroxyl groups excluding tert-OH is 1. The number of hydrogen-bond acceptors (Lipinski definition) is 6. The van der Waals surface area contributed by atoms with E-state index in [1.54, 1.807) is 42.5 Å². The lowest BCUT2D eigenvalue weighted by atomic mass is 10.1. The maximum Gasteiger partial charge on any atom is 0.163 e. The Labute approximate surface area is 131 Å². The van der Waals surface area contributed by atoms with Gasteiger partial charge in [0.25, 0.3) is 0 Å². The fourth-order valence-electron chi connectivity index (χ4n) is 1.83. The fraction of sp³-hybridized carbons (Fsp3) is 0.0625. The van der Waals surface area contributed by atoms with Crippen LogP contribution in [-0.4, -0.2) is 5.11 Å². The predicted octanol–water partition coefficient (Wildman–Crippen LogP) is 3.07. The third kappa shape index (κ3) is 3.31. The number of nitriles is 3. The SMILES string of the molecule is N#CC(C#N)=C(C#N)Nc1cccc(C(O)c2cccs2)c1. The Hall–Kier alpha value is -3.11. The molecule has 0 aliphatic rings. The smallest absolute Gasteiger partial charge is 0.163 e. The molecular formula is C16H10N4OS. The van der Waals surface area contributed by atoms with Crippen LogP contribution in [0, 0.1) is 34.0 Å². The summed E-state index contributed by atoms with van der Waals surface area (Å²) in [4.78, 5) is 0.808. The second-order valence-corrected chi connectivity index (χ2v) is 5.23. The first-order valence-electron chi connectivity index (χ1n) is 6.22. The minimum atomic E-state index is -0.761. The number of aliphatic hydroxyl groups is 1. The van der Waals surface area contributed by atoms with Gasteiger partial charge in [0.15, 0.2) is 5.57 Å². The summed E-state index contributed by atoms with van der Waals surface area (Å²) in [7, 11) is 0. The average molecular weight is 306 g/mol. The Morgan fingerprint density at radius 3 is 2.45 bits per heavy atom. The van der Waals surface area contributed by atoms with Gasteiger partial charge in [-0.25, -0.2) is 0 Å². The first kappa shape index (κ1) is 15.3. The van der Waals surface area contributed by atoms with Crippen molar-refractivity contribution < 1.29 is 5.11 Å². The van der Waals surface area contributed by atoms with E-state index in [1.807, 2.05) is 17.5 Å². The Morgan fingerprint density at radius 1 is 1.09 bits per heavy atom. The van der Waals surface area contributed by atoms with Gasteiger partial charge in [-0.05, 0) is 29.1 Å². The van der Waals surface area contributed by atoms with Gasteiger partial charge in [0.05, 0.1) is 0 Å². The molecule has 1 atom stereocenters. The van der Waals surface area contributed by atoms with Gasteiger partial charge in [0.1, 0.15) is 30.0 Å². The standard InChI is InChI=1S/C16H10N4OS/c17-8-12(9-18)14(10-19)20-13-4-1-3-11(7-13)16(21)15-5-2-6-22-15/h1-7,16,20-21H. The zero-order valence-corrected chi connectivity index (χ0v) is 12.1. The van der Waals surface area contributed by atoms with Crippen molar-refractivity contribution in [3.63, 3.8) is 0 Å². The monoisotopic (exact) mass is 306 g/mol. The molecule has 2 N–H and O–H groups in total. The number of allylic oxidation sites excluding steroid dienone is 2. The third-order valence-electron chi connectivity index (χ3n) is 2.87. The molecule has 1 heterocycles. The van der Waals surface area contributed by atoms with Crippen LogP contribution in [0.2, 0.25) is 0 Å². The van der Waals surface area contributed by atoms with E-state index >= 15 is 0 Å². The van der Waals surface area contributed by atoms with E-state index in [-0.39, 0.29) is 11.3 Å². The van der Waals surface area contributed by atoms with E-state index in [4.69, 9.17) is 15.8 Å². The van der Waals surface area contributed by atoms with Crippen molar-refractivity contribution in [1.29, 1.82) is 15.8 Å². The summed E-state index contributed by atoms with van der Waals surface area (Å²) < 4.78 is 0. The van der Waals surface area contributed by atoms with E-state index in [2.05, 4.69) is 5.32 Å². The third-order valence-corrected chi connectivity index (χ3v) is 3.79. The molecule has 106 valence electrons. The number of hydrogen-bond donors (Lipinski definition) is 2. The maximum absolute atomic E-state index is 10.3. The molecule has 2 rings (SSSR count). The van der Waals surface area contributed by atoms with E-state index in [0.29, 0.717) is 11.3 Å². The van der Waals surface area contributed by atoms with E-state index in [9.17, 15) is 5.11 Å². The van der Waals surface area contributed by atoms with Gasteiger partial charge < -0.3 is 10.4 Å². The maximum atomic E-state index is 10.3. The summed E-state index contributed by atoms with van der Waals surface area (Å²) in [6.07, 6.45) is -0.761. The molecule has 5 nitrogen and oxygen atoms in total. The molecule has 1 unspecified atom stereocenters. The van der Waals surface area contributed by atoms with Crippen molar-refractivity contribution >= 4 is 17.0 Å². The Kier molecular flexibility index (Phi) is 4.90. The molecule has 0 spiro atoms. The van der Waals surface area contributed by atoms with Crippen molar-refractivity contribution in [1.82, 2.24) is 0 Å². The Balaban J connectivity index is 2.31. The van der Waals surface area contributed by atoms with Crippen LogP contribution in [0.25, 0.3) is 0 Å². The first-order valence-corrected chi connectivity index (χ1v) is 7.10. The lowest BCUT2D eigenvalue weighted by molar-refractivity contribution is 0.224. The van der Waals surface area contributed by atoms with Gasteiger partial charge in [-0.15, -0.1) is 11.3 Å². The molecule has 1 aromatic heterocycles. The second kappa shape index (κ2) is 7.06. The van der Waals surface area contributed by atoms with Gasteiger partial charge in [-0.3, -0.25) is 0 Å². The Morgan fingerprint density at radius 2 is 1.86 bits per heavy atom. The zero-order chi connectivity index (χ0) is 15.9. The van der Waals surface area contributed by atoms with Crippen molar-refractivity contribution in [3.8, 4) is 18.2 Å². The summed E-state index contributed by atoms with van der Waals surface area (Å²) >= 11 is 1.44. The Bertz CT molecular complexity index is 803. The molecule has 1 aromatic carbocycles. The van der Waals surface area contributed by atoms with Crippen LogP contribution in [0.15, 0.2) is 53.0 Å². The van der Waals surface area contributed by atoms with Gasteiger partial charge >= 0.3 is 0 Å². The van der Waals surface area contributed by atoms with Gasteiger partial charge in [-0.1, -0.05) is 18.2 Å². The zero-order valence-electron chi connectivity index (χ0n) is 11.3. The van der Waals surface area contributed by atoms with Gasteiger partial charge in [0.2, 0.25) is 0 Å². The quantitative estimate of drug-likeness (QED) is 0.845. The molecule has 22 heavy (non-hydrogen) atoms. The van der Waals surface area contributed by atoms with Crippen LogP contribution >= 0.6 is 11.3 Å². The first-order chi connectivity index (χ1) is 10.7. The summed E-state index contributed by atoms with van der Waals surface area (Å²) in [5.41, 5.74) is 0.771. The van der Waals surface area contributed by atoms with E-state index < -0.39 is 6.10 Å². The summed E-state index contributed by atoms with van der Waals surface area (Å²) in [6.45, 7) is 0. The molecule has 2 aromatic rings. The number of nitrogens with zero attached hydrogens (tertiary/aromatic N) is 3. The van der Waals surface area contributed by atoms with E-state index in [1.165, 1.54) is 11.3 Å². The van der Waals surface area contributed by atoms with Crippen LogP contribution in [0.1, 0.15) is 16.5 Å². The number of thiophene rings is 1. The molecule has 0 saturated heterocycles. The number of rotatable bonds is 4. The minimum Gasteiger partial charge on any atom is -0.383 e. The molecule has 0 aliphatic heterocycles. The van der Waals surface area contributed by atoms with Crippen molar-refractivity contribution in [3.05, 3.63) is 63.5 Å². The summed E-state index contributed by atoms with van der Waals surface area (Å²) in [6, 6.07) is 15.7. The molecule has 0 saturated carbocycles. The minimum absolute atomic E-state index is 0.118. The van der Waals surface area contributed by atoms with Crippen LogP contribution in [0.3, 0.4) is 0 Å². The lowest BCUT2D eigenvalue weighted by Gasteiger charge is -2.11. The molecule has 6 heteroatoms. The van der Waals surface area contributed by atoms with Crippen molar-refractivity contribution in [2.24, 2.45) is 0 Å². The van der Waals surface area contributed by atoms with Gasteiger partial charge in [0, 0.05) is 10.6 Å².